The third-order valence-electron chi connectivity index (χ3n) is 6.84. The van der Waals surface area contributed by atoms with E-state index in [9.17, 15) is 4.79 Å². The summed E-state index contributed by atoms with van der Waals surface area (Å²) in [6.45, 7) is 4.49. The van der Waals surface area contributed by atoms with Crippen molar-refractivity contribution in [2.24, 2.45) is 17.8 Å². The van der Waals surface area contributed by atoms with Gasteiger partial charge in [-0.25, -0.2) is 0 Å². The summed E-state index contributed by atoms with van der Waals surface area (Å²) >= 11 is 1.47. The predicted octanol–water partition coefficient (Wildman–Crippen LogP) is 4.31. The van der Waals surface area contributed by atoms with Crippen molar-refractivity contribution >= 4 is 17.7 Å². The Bertz CT molecular complexity index is 872. The fraction of sp³-hybridized carbons (Fsp3) is 0.522. The molecule has 0 unspecified atom stereocenters. The van der Waals surface area contributed by atoms with Gasteiger partial charge in [0.05, 0.1) is 5.75 Å². The topological polar surface area (TPSA) is 59.8 Å². The summed E-state index contributed by atoms with van der Waals surface area (Å²) in [5.74, 6) is 3.82. The van der Waals surface area contributed by atoms with Gasteiger partial charge in [0.2, 0.25) is 5.91 Å². The molecule has 5 nitrogen and oxygen atoms in total. The number of hydrogen-bond donors (Lipinski definition) is 1. The molecule has 6 heteroatoms. The van der Waals surface area contributed by atoms with E-state index < -0.39 is 0 Å². The van der Waals surface area contributed by atoms with Gasteiger partial charge in [-0.1, -0.05) is 48.2 Å². The van der Waals surface area contributed by atoms with Crippen LogP contribution in [0.5, 0.6) is 0 Å². The summed E-state index contributed by atoms with van der Waals surface area (Å²) in [5.41, 5.74) is 1.09. The van der Waals surface area contributed by atoms with Crippen molar-refractivity contribution in [3.63, 3.8) is 0 Å². The largest absolute Gasteiger partial charge is 0.350 e. The fourth-order valence-corrected chi connectivity index (χ4v) is 6.96. The highest BCUT2D eigenvalue weighted by Crippen LogP contribution is 2.55. The number of amides is 1. The first kappa shape index (κ1) is 18.9. The average Bonchev–Trinajstić information content (AvgIpc) is 3.08. The summed E-state index contributed by atoms with van der Waals surface area (Å²) in [6, 6.07) is 10.0. The van der Waals surface area contributed by atoms with Crippen molar-refractivity contribution < 1.29 is 4.79 Å². The van der Waals surface area contributed by atoms with Gasteiger partial charge in [0, 0.05) is 17.6 Å². The van der Waals surface area contributed by atoms with Crippen molar-refractivity contribution in [2.75, 3.05) is 5.75 Å². The maximum Gasteiger partial charge on any atom is 0.230 e. The molecule has 4 fully saturated rings. The van der Waals surface area contributed by atoms with E-state index in [-0.39, 0.29) is 11.4 Å². The lowest BCUT2D eigenvalue weighted by atomic mass is 9.53. The third-order valence-corrected chi connectivity index (χ3v) is 7.80. The quantitative estimate of drug-likeness (QED) is 0.548. The van der Waals surface area contributed by atoms with Crippen LogP contribution >= 0.6 is 11.8 Å². The normalized spacial score (nSPS) is 29.7. The molecule has 1 aromatic carbocycles. The fourth-order valence-electron chi connectivity index (χ4n) is 6.22. The third kappa shape index (κ3) is 3.75. The molecule has 0 saturated heterocycles. The van der Waals surface area contributed by atoms with Crippen molar-refractivity contribution in [2.45, 2.75) is 55.8 Å². The molecule has 0 aliphatic heterocycles. The lowest BCUT2D eigenvalue weighted by Gasteiger charge is -2.56. The highest BCUT2D eigenvalue weighted by Gasteiger charge is 2.51. The number of thioether (sulfide) groups is 1. The molecular weight excluding hydrogens is 380 g/mol. The van der Waals surface area contributed by atoms with Crippen LogP contribution in [-0.4, -0.2) is 32.0 Å². The Labute approximate surface area is 176 Å². The second kappa shape index (κ2) is 7.63. The smallest absolute Gasteiger partial charge is 0.230 e. The molecule has 1 heterocycles. The lowest BCUT2D eigenvalue weighted by Crippen LogP contribution is -2.60. The second-order valence-corrected chi connectivity index (χ2v) is 10.0. The summed E-state index contributed by atoms with van der Waals surface area (Å²) in [7, 11) is 0. The number of carbonyl (C=O) groups excluding carboxylic acids is 1. The van der Waals surface area contributed by atoms with Crippen molar-refractivity contribution in [1.29, 1.82) is 0 Å². The van der Waals surface area contributed by atoms with Crippen LogP contribution in [0.3, 0.4) is 0 Å². The van der Waals surface area contributed by atoms with Gasteiger partial charge >= 0.3 is 0 Å². The molecule has 4 saturated carbocycles. The van der Waals surface area contributed by atoms with Gasteiger partial charge < -0.3 is 5.32 Å². The Kier molecular flexibility index (Phi) is 4.98. The molecular formula is C23H28N4OS. The van der Waals surface area contributed by atoms with Gasteiger partial charge in [0.15, 0.2) is 11.0 Å². The number of nitrogens with one attached hydrogen (secondary N) is 1. The summed E-state index contributed by atoms with van der Waals surface area (Å²) in [5, 5.41) is 12.9. The van der Waals surface area contributed by atoms with Gasteiger partial charge in [-0.2, -0.15) is 0 Å². The molecule has 6 rings (SSSR count). The maximum atomic E-state index is 12.8. The average molecular weight is 409 g/mol. The van der Waals surface area contributed by atoms with Crippen LogP contribution in [0.25, 0.3) is 11.4 Å². The molecule has 2 aromatic rings. The minimum Gasteiger partial charge on any atom is -0.350 e. The zero-order chi connectivity index (χ0) is 19.8. The van der Waals surface area contributed by atoms with Gasteiger partial charge in [0.1, 0.15) is 0 Å². The Balaban J connectivity index is 1.26. The van der Waals surface area contributed by atoms with Gasteiger partial charge in [-0.05, 0) is 56.3 Å². The van der Waals surface area contributed by atoms with E-state index in [2.05, 4.69) is 22.1 Å². The summed E-state index contributed by atoms with van der Waals surface area (Å²) in [6.07, 6.45) is 9.54. The molecule has 1 aromatic heterocycles. The number of rotatable bonds is 7. The van der Waals surface area contributed by atoms with Crippen LogP contribution in [0.15, 0.2) is 48.1 Å². The van der Waals surface area contributed by atoms with Crippen molar-refractivity contribution in [3.8, 4) is 11.4 Å². The standard InChI is InChI=1S/C23H28N4OS/c1-2-8-27-21(19-6-4-3-5-7-19)25-26-22(27)29-15-20(28)24-23-12-16-9-17(13-23)11-18(10-16)14-23/h2-7,16-18H,1,8-15H2,(H,24,28). The molecule has 152 valence electrons. The van der Waals surface area contributed by atoms with E-state index in [1.54, 1.807) is 0 Å². The van der Waals surface area contributed by atoms with Crippen LogP contribution < -0.4 is 5.32 Å². The molecule has 29 heavy (non-hydrogen) atoms. The first-order valence-electron chi connectivity index (χ1n) is 10.7. The number of carbonyl (C=O) groups is 1. The maximum absolute atomic E-state index is 12.8. The summed E-state index contributed by atoms with van der Waals surface area (Å²) in [4.78, 5) is 12.8. The van der Waals surface area contributed by atoms with Gasteiger partial charge in [0.25, 0.3) is 0 Å². The van der Waals surface area contributed by atoms with E-state index in [0.29, 0.717) is 12.3 Å². The van der Waals surface area contributed by atoms with Crippen LogP contribution in [0.4, 0.5) is 0 Å². The Morgan fingerprint density at radius 3 is 2.41 bits per heavy atom. The molecule has 1 N–H and O–H groups in total. The molecule has 0 atom stereocenters. The zero-order valence-electron chi connectivity index (χ0n) is 16.7. The highest BCUT2D eigenvalue weighted by atomic mass is 32.2. The Morgan fingerprint density at radius 2 is 1.79 bits per heavy atom. The monoisotopic (exact) mass is 408 g/mol. The minimum absolute atomic E-state index is 0.0659. The number of allylic oxidation sites excluding steroid dienone is 1. The van der Waals surface area contributed by atoms with E-state index in [4.69, 9.17) is 0 Å². The number of benzene rings is 1. The minimum atomic E-state index is 0.0659. The van der Waals surface area contributed by atoms with E-state index in [1.807, 2.05) is 41.0 Å². The summed E-state index contributed by atoms with van der Waals surface area (Å²) < 4.78 is 2.03. The van der Waals surface area contributed by atoms with E-state index in [0.717, 1.165) is 34.3 Å². The van der Waals surface area contributed by atoms with E-state index >= 15 is 0 Å². The van der Waals surface area contributed by atoms with Crippen molar-refractivity contribution in [1.82, 2.24) is 20.1 Å². The van der Waals surface area contributed by atoms with Crippen LogP contribution in [0, 0.1) is 17.8 Å². The van der Waals surface area contributed by atoms with Crippen LogP contribution in [0.2, 0.25) is 0 Å². The molecule has 4 aliphatic carbocycles. The molecule has 0 radical (unpaired) electrons. The Hall–Kier alpha value is -2.08. The van der Waals surface area contributed by atoms with E-state index in [1.165, 1.54) is 50.3 Å². The van der Waals surface area contributed by atoms with Gasteiger partial charge in [-0.3, -0.25) is 9.36 Å². The van der Waals surface area contributed by atoms with Crippen molar-refractivity contribution in [3.05, 3.63) is 43.0 Å². The van der Waals surface area contributed by atoms with Gasteiger partial charge in [-0.15, -0.1) is 16.8 Å². The molecule has 1 amide bonds. The van der Waals surface area contributed by atoms with Crippen LogP contribution in [0.1, 0.15) is 38.5 Å². The molecule has 0 spiro atoms. The first-order valence-corrected chi connectivity index (χ1v) is 11.7. The highest BCUT2D eigenvalue weighted by molar-refractivity contribution is 7.99. The first-order chi connectivity index (χ1) is 14.1. The van der Waals surface area contributed by atoms with Crippen LogP contribution in [-0.2, 0) is 11.3 Å². The number of hydrogen-bond acceptors (Lipinski definition) is 4. The number of aromatic nitrogens is 3. The molecule has 4 aliphatic rings. The SMILES string of the molecule is C=CCn1c(SCC(=O)NC23CC4CC(CC(C4)C2)C3)nnc1-c1ccccc1. The predicted molar refractivity (Wildman–Crippen MR) is 115 cm³/mol. The lowest BCUT2D eigenvalue weighted by molar-refractivity contribution is -0.124. The Morgan fingerprint density at radius 1 is 1.14 bits per heavy atom. The molecule has 4 bridgehead atoms. The second-order valence-electron chi connectivity index (χ2n) is 9.11. The number of nitrogens with zero attached hydrogens (tertiary/aromatic N) is 3. The zero-order valence-corrected chi connectivity index (χ0v) is 17.5.